The van der Waals surface area contributed by atoms with Crippen molar-refractivity contribution in [3.05, 3.63) is 48.3 Å². The van der Waals surface area contributed by atoms with E-state index in [-0.39, 0.29) is 5.91 Å². The van der Waals surface area contributed by atoms with Crippen molar-refractivity contribution < 1.29 is 4.79 Å². The minimum absolute atomic E-state index is 0.154. The van der Waals surface area contributed by atoms with Crippen LogP contribution in [0.4, 0.5) is 0 Å². The van der Waals surface area contributed by atoms with Gasteiger partial charge in [0, 0.05) is 31.7 Å². The van der Waals surface area contributed by atoms with Crippen molar-refractivity contribution in [3.8, 4) is 5.69 Å². The van der Waals surface area contributed by atoms with E-state index in [1.807, 2.05) is 47.4 Å². The van der Waals surface area contributed by atoms with Crippen molar-refractivity contribution in [1.82, 2.24) is 20.0 Å². The smallest absolute Gasteiger partial charge is 0.220 e. The van der Waals surface area contributed by atoms with Gasteiger partial charge in [0.1, 0.15) is 0 Å². The summed E-state index contributed by atoms with van der Waals surface area (Å²) >= 11 is 0. The van der Waals surface area contributed by atoms with E-state index in [1.54, 1.807) is 0 Å². The largest absolute Gasteiger partial charge is 0.353 e. The zero-order chi connectivity index (χ0) is 17.5. The summed E-state index contributed by atoms with van der Waals surface area (Å²) in [6, 6.07) is 10.4. The van der Waals surface area contributed by atoms with Gasteiger partial charge in [0.2, 0.25) is 5.91 Å². The summed E-state index contributed by atoms with van der Waals surface area (Å²) in [5.41, 5.74) is 2.13. The number of para-hydroxylation sites is 1. The molecule has 1 aromatic carbocycles. The second kappa shape index (κ2) is 8.81. The van der Waals surface area contributed by atoms with Crippen LogP contribution in [0.15, 0.2) is 42.7 Å². The summed E-state index contributed by atoms with van der Waals surface area (Å²) in [4.78, 5) is 14.7. The molecule has 2 aromatic rings. The van der Waals surface area contributed by atoms with E-state index in [0.717, 1.165) is 43.6 Å². The fraction of sp³-hybridized carbons (Fsp3) is 0.500. The van der Waals surface area contributed by atoms with Crippen molar-refractivity contribution in [2.24, 2.45) is 0 Å². The van der Waals surface area contributed by atoms with E-state index in [9.17, 15) is 4.79 Å². The SMILES string of the molecule is CCCN1CCC(NC(=O)CCc2cnn(-c3ccccc3)c2)CC1. The van der Waals surface area contributed by atoms with Crippen molar-refractivity contribution in [2.45, 2.75) is 45.1 Å². The molecule has 0 unspecified atom stereocenters. The Balaban J connectivity index is 1.42. The predicted octanol–water partition coefficient (Wildman–Crippen LogP) is 2.80. The number of nitrogens with zero attached hydrogens (tertiary/aromatic N) is 3. The number of carbonyl (C=O) groups is 1. The van der Waals surface area contributed by atoms with E-state index in [4.69, 9.17) is 0 Å². The lowest BCUT2D eigenvalue weighted by molar-refractivity contribution is -0.122. The Bertz CT molecular complexity index is 659. The molecule has 1 amide bonds. The second-order valence-corrected chi connectivity index (χ2v) is 6.81. The highest BCUT2D eigenvalue weighted by Crippen LogP contribution is 2.12. The number of piperidine rings is 1. The molecule has 0 aliphatic carbocycles. The highest BCUT2D eigenvalue weighted by atomic mass is 16.1. The van der Waals surface area contributed by atoms with Gasteiger partial charge in [0.25, 0.3) is 0 Å². The molecule has 0 saturated carbocycles. The van der Waals surface area contributed by atoms with Crippen LogP contribution in [0.1, 0.15) is 38.2 Å². The molecule has 1 aliphatic rings. The van der Waals surface area contributed by atoms with Crippen LogP contribution >= 0.6 is 0 Å². The van der Waals surface area contributed by atoms with Crippen molar-refractivity contribution in [2.75, 3.05) is 19.6 Å². The fourth-order valence-electron chi connectivity index (χ4n) is 3.39. The van der Waals surface area contributed by atoms with E-state index in [2.05, 4.69) is 22.2 Å². The maximum Gasteiger partial charge on any atom is 0.220 e. The van der Waals surface area contributed by atoms with E-state index in [1.165, 1.54) is 13.0 Å². The summed E-state index contributed by atoms with van der Waals surface area (Å²) < 4.78 is 1.86. The summed E-state index contributed by atoms with van der Waals surface area (Å²) in [6.45, 7) is 5.59. The minimum atomic E-state index is 0.154. The van der Waals surface area contributed by atoms with Crippen LogP contribution in [0, 0.1) is 0 Å². The number of nitrogens with one attached hydrogen (secondary N) is 1. The average Bonchev–Trinajstić information content (AvgIpc) is 3.12. The molecule has 1 aromatic heterocycles. The van der Waals surface area contributed by atoms with Crippen LogP contribution in [0.3, 0.4) is 0 Å². The summed E-state index contributed by atoms with van der Waals surface area (Å²) in [7, 11) is 0. The average molecular weight is 340 g/mol. The molecule has 134 valence electrons. The lowest BCUT2D eigenvalue weighted by atomic mass is 10.0. The van der Waals surface area contributed by atoms with Gasteiger partial charge in [0.15, 0.2) is 0 Å². The minimum Gasteiger partial charge on any atom is -0.353 e. The Morgan fingerprint density at radius 1 is 1.24 bits per heavy atom. The maximum atomic E-state index is 12.2. The molecule has 1 N–H and O–H groups in total. The highest BCUT2D eigenvalue weighted by molar-refractivity contribution is 5.76. The van der Waals surface area contributed by atoms with Crippen LogP contribution < -0.4 is 5.32 Å². The molecule has 2 heterocycles. The molecular formula is C20H28N4O. The van der Waals surface area contributed by atoms with Crippen LogP contribution in [0.2, 0.25) is 0 Å². The van der Waals surface area contributed by atoms with Gasteiger partial charge in [-0.05, 0) is 49.9 Å². The summed E-state index contributed by atoms with van der Waals surface area (Å²) in [6.07, 6.45) is 8.45. The third kappa shape index (κ3) is 5.16. The zero-order valence-corrected chi connectivity index (χ0v) is 15.0. The molecule has 3 rings (SSSR count). The molecule has 25 heavy (non-hydrogen) atoms. The highest BCUT2D eigenvalue weighted by Gasteiger charge is 2.19. The van der Waals surface area contributed by atoms with Gasteiger partial charge in [-0.25, -0.2) is 4.68 Å². The number of aromatic nitrogens is 2. The quantitative estimate of drug-likeness (QED) is 0.843. The lowest BCUT2D eigenvalue weighted by Crippen LogP contribution is -2.44. The number of benzene rings is 1. The van der Waals surface area contributed by atoms with Crippen LogP contribution in [0.5, 0.6) is 0 Å². The van der Waals surface area contributed by atoms with E-state index < -0.39 is 0 Å². The first-order valence-corrected chi connectivity index (χ1v) is 9.35. The van der Waals surface area contributed by atoms with Gasteiger partial charge in [-0.2, -0.15) is 5.10 Å². The van der Waals surface area contributed by atoms with Gasteiger partial charge in [-0.1, -0.05) is 25.1 Å². The third-order valence-corrected chi connectivity index (χ3v) is 4.79. The maximum absolute atomic E-state index is 12.2. The van der Waals surface area contributed by atoms with Crippen molar-refractivity contribution in [3.63, 3.8) is 0 Å². The number of amides is 1. The molecule has 1 aliphatic heterocycles. The van der Waals surface area contributed by atoms with Gasteiger partial charge in [0.05, 0.1) is 11.9 Å². The Hall–Kier alpha value is -2.14. The number of hydrogen-bond acceptors (Lipinski definition) is 3. The Labute approximate surface area is 150 Å². The Kier molecular flexibility index (Phi) is 6.23. The monoisotopic (exact) mass is 340 g/mol. The summed E-state index contributed by atoms with van der Waals surface area (Å²) in [5, 5.41) is 7.58. The first-order chi connectivity index (χ1) is 12.2. The summed E-state index contributed by atoms with van der Waals surface area (Å²) in [5.74, 6) is 0.154. The van der Waals surface area contributed by atoms with Gasteiger partial charge in [-0.15, -0.1) is 0 Å². The number of carbonyl (C=O) groups excluding carboxylic acids is 1. The van der Waals surface area contributed by atoms with Gasteiger partial charge >= 0.3 is 0 Å². The molecule has 1 fully saturated rings. The van der Waals surface area contributed by atoms with Gasteiger partial charge < -0.3 is 10.2 Å². The lowest BCUT2D eigenvalue weighted by Gasteiger charge is -2.32. The normalized spacial score (nSPS) is 16.0. The predicted molar refractivity (Wildman–Crippen MR) is 99.8 cm³/mol. The number of hydrogen-bond donors (Lipinski definition) is 1. The first-order valence-electron chi connectivity index (χ1n) is 9.35. The molecule has 5 nitrogen and oxygen atoms in total. The number of aryl methyl sites for hydroxylation is 1. The molecule has 0 radical (unpaired) electrons. The third-order valence-electron chi connectivity index (χ3n) is 4.79. The molecule has 5 heteroatoms. The standard InChI is InChI=1S/C20H28N4O/c1-2-12-23-13-10-18(11-14-23)22-20(25)9-8-17-15-21-24(16-17)19-6-4-3-5-7-19/h3-7,15-16,18H,2,8-14H2,1H3,(H,22,25). The topological polar surface area (TPSA) is 50.2 Å². The van der Waals surface area contributed by atoms with Crippen LogP contribution in [0.25, 0.3) is 5.69 Å². The molecular weight excluding hydrogens is 312 g/mol. The van der Waals surface area contributed by atoms with E-state index in [0.29, 0.717) is 12.5 Å². The molecule has 1 saturated heterocycles. The zero-order valence-electron chi connectivity index (χ0n) is 15.0. The Morgan fingerprint density at radius 2 is 2.00 bits per heavy atom. The molecule has 0 atom stereocenters. The second-order valence-electron chi connectivity index (χ2n) is 6.81. The van der Waals surface area contributed by atoms with E-state index >= 15 is 0 Å². The van der Waals surface area contributed by atoms with Gasteiger partial charge in [-0.3, -0.25) is 4.79 Å². The number of likely N-dealkylation sites (tertiary alicyclic amines) is 1. The first kappa shape index (κ1) is 17.7. The fourth-order valence-corrected chi connectivity index (χ4v) is 3.39. The molecule has 0 spiro atoms. The van der Waals surface area contributed by atoms with Crippen LogP contribution in [-0.4, -0.2) is 46.3 Å². The van der Waals surface area contributed by atoms with Crippen molar-refractivity contribution >= 4 is 5.91 Å². The number of rotatable bonds is 7. The van der Waals surface area contributed by atoms with Crippen molar-refractivity contribution in [1.29, 1.82) is 0 Å². The Morgan fingerprint density at radius 3 is 2.72 bits per heavy atom. The molecule has 0 bridgehead atoms. The van der Waals surface area contributed by atoms with Crippen LogP contribution in [-0.2, 0) is 11.2 Å².